The average molecular weight is 361 g/mol. The molecular formula is C15H15N5O2S2. The zero-order valence-corrected chi connectivity index (χ0v) is 14.4. The Hall–Kier alpha value is -2.26. The standard InChI is InChI=1S/C15H15N5O2S2/c21-12(16-8-10-4-3-7-23-10)11-9-17-14-20(13(11)22)18-15(24-14)19-5-1-2-6-19/h3-4,7,9H,1-2,5-6,8H2,(H,16,21). The molecule has 4 rings (SSSR count). The molecule has 0 unspecified atom stereocenters. The normalized spacial score (nSPS) is 14.4. The van der Waals surface area contributed by atoms with Gasteiger partial charge in [-0.15, -0.1) is 16.4 Å². The number of nitrogens with zero attached hydrogens (tertiary/aromatic N) is 4. The number of rotatable bonds is 4. The molecule has 1 aliphatic heterocycles. The van der Waals surface area contributed by atoms with E-state index >= 15 is 0 Å². The first-order chi connectivity index (χ1) is 11.7. The van der Waals surface area contributed by atoms with Crippen LogP contribution in [0.1, 0.15) is 28.1 Å². The number of anilines is 1. The van der Waals surface area contributed by atoms with E-state index in [1.165, 1.54) is 22.0 Å². The lowest BCUT2D eigenvalue weighted by molar-refractivity contribution is 0.0949. The van der Waals surface area contributed by atoms with E-state index in [-0.39, 0.29) is 5.56 Å². The third kappa shape index (κ3) is 2.80. The van der Waals surface area contributed by atoms with Crippen molar-refractivity contribution in [1.82, 2.24) is 19.9 Å². The fourth-order valence-corrected chi connectivity index (χ4v) is 4.20. The fourth-order valence-electron chi connectivity index (χ4n) is 2.64. The predicted molar refractivity (Wildman–Crippen MR) is 94.1 cm³/mol. The summed E-state index contributed by atoms with van der Waals surface area (Å²) < 4.78 is 1.23. The number of thiophene rings is 1. The first kappa shape index (κ1) is 15.3. The lowest BCUT2D eigenvalue weighted by Gasteiger charge is -2.10. The van der Waals surface area contributed by atoms with Gasteiger partial charge in [-0.3, -0.25) is 9.59 Å². The highest BCUT2D eigenvalue weighted by Gasteiger charge is 2.20. The van der Waals surface area contributed by atoms with Crippen LogP contribution in [0.3, 0.4) is 0 Å². The Morgan fingerprint density at radius 3 is 2.92 bits per heavy atom. The van der Waals surface area contributed by atoms with Crippen molar-refractivity contribution in [2.75, 3.05) is 18.0 Å². The van der Waals surface area contributed by atoms with Crippen molar-refractivity contribution >= 4 is 38.7 Å². The molecule has 0 atom stereocenters. The highest BCUT2D eigenvalue weighted by Crippen LogP contribution is 2.24. The van der Waals surface area contributed by atoms with Crippen LogP contribution in [0.5, 0.6) is 0 Å². The van der Waals surface area contributed by atoms with E-state index in [0.29, 0.717) is 11.5 Å². The van der Waals surface area contributed by atoms with Crippen molar-refractivity contribution < 1.29 is 4.79 Å². The Morgan fingerprint density at radius 2 is 2.17 bits per heavy atom. The van der Waals surface area contributed by atoms with Crippen molar-refractivity contribution in [3.05, 3.63) is 44.5 Å². The van der Waals surface area contributed by atoms with Crippen LogP contribution in [0.4, 0.5) is 5.13 Å². The molecule has 0 aromatic carbocycles. The Labute approximate surface area is 145 Å². The molecule has 1 aliphatic rings. The molecule has 4 heterocycles. The maximum Gasteiger partial charge on any atom is 0.288 e. The number of aromatic nitrogens is 3. The second kappa shape index (κ2) is 6.33. The topological polar surface area (TPSA) is 79.6 Å². The van der Waals surface area contributed by atoms with Crippen LogP contribution in [0, 0.1) is 0 Å². The van der Waals surface area contributed by atoms with Gasteiger partial charge in [0.1, 0.15) is 5.56 Å². The first-order valence-electron chi connectivity index (χ1n) is 7.67. The number of hydrogen-bond acceptors (Lipinski definition) is 7. The highest BCUT2D eigenvalue weighted by atomic mass is 32.1. The summed E-state index contributed by atoms with van der Waals surface area (Å²) >= 11 is 2.93. The van der Waals surface area contributed by atoms with Gasteiger partial charge >= 0.3 is 0 Å². The second-order valence-electron chi connectivity index (χ2n) is 5.51. The van der Waals surface area contributed by atoms with Gasteiger partial charge in [0.2, 0.25) is 10.1 Å². The van der Waals surface area contributed by atoms with E-state index in [1.54, 1.807) is 11.3 Å². The minimum atomic E-state index is -0.426. The summed E-state index contributed by atoms with van der Waals surface area (Å²) in [5.41, 5.74) is -0.410. The summed E-state index contributed by atoms with van der Waals surface area (Å²) in [5.74, 6) is -0.425. The van der Waals surface area contributed by atoms with Crippen LogP contribution >= 0.6 is 22.7 Å². The Morgan fingerprint density at radius 1 is 1.33 bits per heavy atom. The van der Waals surface area contributed by atoms with E-state index in [0.717, 1.165) is 35.9 Å². The summed E-state index contributed by atoms with van der Waals surface area (Å²) in [6, 6.07) is 3.85. The van der Waals surface area contributed by atoms with E-state index < -0.39 is 11.5 Å². The van der Waals surface area contributed by atoms with E-state index in [1.807, 2.05) is 17.5 Å². The van der Waals surface area contributed by atoms with Crippen LogP contribution in [0.25, 0.3) is 4.96 Å². The van der Waals surface area contributed by atoms with Gasteiger partial charge in [0.25, 0.3) is 11.5 Å². The molecule has 1 N–H and O–H groups in total. The molecule has 0 saturated carbocycles. The molecule has 124 valence electrons. The summed E-state index contributed by atoms with van der Waals surface area (Å²) in [6.45, 7) is 2.29. The molecule has 9 heteroatoms. The summed E-state index contributed by atoms with van der Waals surface area (Å²) in [7, 11) is 0. The van der Waals surface area contributed by atoms with Gasteiger partial charge in [-0.25, -0.2) is 4.98 Å². The van der Waals surface area contributed by atoms with E-state index in [9.17, 15) is 9.59 Å². The lowest BCUT2D eigenvalue weighted by atomic mass is 10.3. The monoisotopic (exact) mass is 361 g/mol. The molecule has 0 aliphatic carbocycles. The molecule has 1 amide bonds. The minimum Gasteiger partial charge on any atom is -0.347 e. The van der Waals surface area contributed by atoms with E-state index in [4.69, 9.17) is 0 Å². The number of fused-ring (bicyclic) bond motifs is 1. The fraction of sp³-hybridized carbons (Fsp3) is 0.333. The zero-order valence-electron chi connectivity index (χ0n) is 12.8. The number of nitrogens with one attached hydrogen (secondary N) is 1. The van der Waals surface area contributed by atoms with Gasteiger partial charge in [-0.05, 0) is 24.3 Å². The number of hydrogen-bond donors (Lipinski definition) is 1. The molecule has 0 bridgehead atoms. The number of carbonyl (C=O) groups excluding carboxylic acids is 1. The van der Waals surface area contributed by atoms with Crippen molar-refractivity contribution in [2.24, 2.45) is 0 Å². The Balaban J connectivity index is 1.60. The van der Waals surface area contributed by atoms with Crippen molar-refractivity contribution in [2.45, 2.75) is 19.4 Å². The summed E-state index contributed by atoms with van der Waals surface area (Å²) in [5, 5.41) is 9.84. The molecular weight excluding hydrogens is 346 g/mol. The second-order valence-corrected chi connectivity index (χ2v) is 7.48. The van der Waals surface area contributed by atoms with Crippen LogP contribution in [0.15, 0.2) is 28.5 Å². The SMILES string of the molecule is O=C(NCc1cccs1)c1cnc2sc(N3CCCC3)nn2c1=O. The van der Waals surface area contributed by atoms with E-state index in [2.05, 4.69) is 20.3 Å². The van der Waals surface area contributed by atoms with Crippen LogP contribution in [-0.2, 0) is 6.54 Å². The maximum absolute atomic E-state index is 12.5. The van der Waals surface area contributed by atoms with Crippen LogP contribution in [-0.4, -0.2) is 33.6 Å². The number of carbonyl (C=O) groups is 1. The Kier molecular flexibility index (Phi) is 4.03. The Bertz CT molecular complexity index is 925. The molecule has 0 radical (unpaired) electrons. The minimum absolute atomic E-state index is 0.0160. The van der Waals surface area contributed by atoms with Gasteiger partial charge < -0.3 is 10.2 Å². The van der Waals surface area contributed by atoms with Gasteiger partial charge in [0.05, 0.1) is 6.54 Å². The van der Waals surface area contributed by atoms with Gasteiger partial charge in [0.15, 0.2) is 0 Å². The molecule has 1 fully saturated rings. The average Bonchev–Trinajstić information content (AvgIpc) is 3.32. The van der Waals surface area contributed by atoms with Gasteiger partial charge in [0, 0.05) is 24.2 Å². The third-order valence-electron chi connectivity index (χ3n) is 3.90. The molecule has 1 saturated heterocycles. The van der Waals surface area contributed by atoms with Crippen molar-refractivity contribution in [1.29, 1.82) is 0 Å². The first-order valence-corrected chi connectivity index (χ1v) is 9.36. The summed E-state index contributed by atoms with van der Waals surface area (Å²) in [4.78, 5) is 32.7. The van der Waals surface area contributed by atoms with Gasteiger partial charge in [-0.2, -0.15) is 4.52 Å². The molecule has 3 aromatic rings. The van der Waals surface area contributed by atoms with Crippen LogP contribution in [0.2, 0.25) is 0 Å². The predicted octanol–water partition coefficient (Wildman–Crippen LogP) is 1.74. The third-order valence-corrected chi connectivity index (χ3v) is 5.76. The smallest absolute Gasteiger partial charge is 0.288 e. The van der Waals surface area contributed by atoms with Crippen molar-refractivity contribution in [3.8, 4) is 0 Å². The largest absolute Gasteiger partial charge is 0.347 e. The number of amides is 1. The maximum atomic E-state index is 12.5. The van der Waals surface area contributed by atoms with Gasteiger partial charge in [-0.1, -0.05) is 17.4 Å². The highest BCUT2D eigenvalue weighted by molar-refractivity contribution is 7.20. The lowest BCUT2D eigenvalue weighted by Crippen LogP contribution is -2.31. The molecule has 24 heavy (non-hydrogen) atoms. The molecule has 7 nitrogen and oxygen atoms in total. The summed E-state index contributed by atoms with van der Waals surface area (Å²) in [6.07, 6.45) is 3.61. The van der Waals surface area contributed by atoms with Crippen LogP contribution < -0.4 is 15.8 Å². The molecule has 3 aromatic heterocycles. The van der Waals surface area contributed by atoms with Crippen molar-refractivity contribution in [3.63, 3.8) is 0 Å². The molecule has 0 spiro atoms. The zero-order chi connectivity index (χ0) is 16.5. The quantitative estimate of drug-likeness (QED) is 0.766.